The Hall–Kier alpha value is -10.1. The zero-order valence-corrected chi connectivity index (χ0v) is 64.9. The van der Waals surface area contributed by atoms with Gasteiger partial charge >= 0.3 is 0 Å². The maximum Gasteiger partial charge on any atom is 0.264 e. The smallest absolute Gasteiger partial charge is 0.264 e. The number of benzene rings is 6. The fourth-order valence-electron chi connectivity index (χ4n) is 17.3. The summed E-state index contributed by atoms with van der Waals surface area (Å²) in [6, 6.07) is 5.72. The van der Waals surface area contributed by atoms with Gasteiger partial charge in [-0.15, -0.1) is 0 Å². The lowest BCUT2D eigenvalue weighted by Gasteiger charge is -2.54. The van der Waals surface area contributed by atoms with Crippen molar-refractivity contribution < 1.29 is 116 Å². The minimum Gasteiger partial charge on any atom is -0.508 e. The molecule has 6 aliphatic heterocycles. The van der Waals surface area contributed by atoms with E-state index in [0.29, 0.717) is 18.4 Å². The van der Waals surface area contributed by atoms with Crippen LogP contribution in [0.5, 0.6) is 40.2 Å². The first-order chi connectivity index (χ1) is 55.2. The predicted octanol–water partition coefficient (Wildman–Crippen LogP) is 1.09. The number of aromatic hydroxyl groups is 1. The fraction of sp³-hybridized carbons (Fsp3) is 0.450. The normalized spacial score (nSPS) is 28.7. The Bertz CT molecular complexity index is 4970. The molecule has 8 amide bonds. The number of rotatable bonds is 18. The minimum atomic E-state index is -4.88. The summed E-state index contributed by atoms with van der Waals surface area (Å²) in [6.45, 7) is 4.79. The summed E-state index contributed by atoms with van der Waals surface area (Å²) in [5, 5.41) is 130. The van der Waals surface area contributed by atoms with Gasteiger partial charge in [0.25, 0.3) is 10.0 Å². The van der Waals surface area contributed by atoms with Gasteiger partial charge in [0.2, 0.25) is 65.1 Å². The summed E-state index contributed by atoms with van der Waals surface area (Å²) in [7, 11) is -1.72. The van der Waals surface area contributed by atoms with Gasteiger partial charge in [-0.05, 0) is 213 Å². The number of fused-ring (bicyclic) bond motifs is 12. The van der Waals surface area contributed by atoms with Crippen molar-refractivity contribution in [2.24, 2.45) is 29.6 Å². The second kappa shape index (κ2) is 33.1. The van der Waals surface area contributed by atoms with E-state index in [4.69, 9.17) is 35.3 Å². The highest BCUT2D eigenvalue weighted by Crippen LogP contribution is 2.56. The van der Waals surface area contributed by atoms with Crippen molar-refractivity contribution in [1.29, 1.82) is 0 Å². The average molecular weight is 1640 g/mol. The minimum absolute atomic E-state index is 0.0736. The summed E-state index contributed by atoms with van der Waals surface area (Å²) in [6.07, 6.45) is -10.8. The Morgan fingerprint density at radius 2 is 1.30 bits per heavy atom. The molecule has 11 aliphatic rings. The topological polar surface area (TPSA) is 519 Å². The van der Waals surface area contributed by atoms with Gasteiger partial charge in [-0.25, -0.2) is 13.1 Å². The van der Waals surface area contributed by atoms with Gasteiger partial charge in [-0.1, -0.05) is 49.7 Å². The number of halogens is 1. The summed E-state index contributed by atoms with van der Waals surface area (Å²) >= 11 is 7.18. The molecule has 19 N–H and O–H groups in total. The predicted molar refractivity (Wildman–Crippen MR) is 408 cm³/mol. The van der Waals surface area contributed by atoms with Crippen LogP contribution in [0.25, 0.3) is 11.1 Å². The number of carbonyl (C=O) groups excluding carboxylic acids is 8. The van der Waals surface area contributed by atoms with Crippen LogP contribution in [0.1, 0.15) is 134 Å². The number of ether oxygens (including phenoxy) is 5. The molecular weight excluding hydrogens is 1550 g/mol. The Morgan fingerprint density at radius 3 is 1.95 bits per heavy atom. The number of phenols is 1. The molecule has 1 saturated heterocycles. The van der Waals surface area contributed by atoms with E-state index in [2.05, 4.69) is 47.9 Å². The molecule has 0 spiro atoms. The van der Waals surface area contributed by atoms with Crippen molar-refractivity contribution in [2.45, 2.75) is 168 Å². The fourth-order valence-corrected chi connectivity index (χ4v) is 18.5. The lowest BCUT2D eigenvalue weighted by atomic mass is 9.54. The van der Waals surface area contributed by atoms with E-state index in [1.807, 2.05) is 18.6 Å². The van der Waals surface area contributed by atoms with Crippen molar-refractivity contribution in [3.63, 3.8) is 0 Å². The highest BCUT2D eigenvalue weighted by molar-refractivity contribution is 7.90. The van der Waals surface area contributed by atoms with Crippen molar-refractivity contribution in [2.75, 3.05) is 33.9 Å². The SMILES string of the molecule is CNCCOc1ccc(S(=O)(=O)NC(=O)C[C@@H]2NC(=O)[C@H](NC(=O)[C@@H](CC(C)C)NC)[C@H](O)c3ccc(c(C)c3)Oc3cc4cc(c3O[C@@H]3O[C@H](CO)[C@@H](O)[C@H](O)[C@H]3O)Oc3ccc(cc3Cl)[C@@H](O)[C@@H]3NC(=O)[C@H](NC(=O)[C@@H]4NC2=O)c2ccc4c(c2)-c2c(cc(O)cc2C4(O)O)[C@@H](C(=O)NC2C4CC5CC(C4)CC2C5)NC3=O)cc1. The molecule has 0 unspecified atom stereocenters. The standard InChI is InChI=1S/C80H91ClN10O24S/c1-33(2)18-51(83-5)72(100)89-64-66(95)38-7-14-53(34(3)19-38)112-55-27-42-28-56(71(55)115-79-70(99)69(98)68(97)57(32-92)114-79)113-54-15-8-39(26-50(54)81)67(96)65-78(106)88-63(76(104)85-60-40-21-35-20-36(23-40)24-41(60)22-35)47-29-43(93)30-49-59(47)46-25-37(6-13-48(46)80(49,107)108)61(74(102)90-65)87-75(103)62(42)86-73(101)52(84-77(64)105)31-58(94)91-116(109,110)45-11-9-44(10-12-45)111-17-16-82-4/h6-15,19,25-30,33,35-36,40-41,51-52,57,60-70,79,82-83,92-93,95-99,107-108H,16-18,20-24,31-32H2,1-5H3,(H,84,105)(H,85,104)(H,86,101)(H,87,103)(H,88,106)(H,89,100)(H,90,102)(H,91,94)/t35?,36?,40?,41?,51-,52+,57-,60?,61-,62-,63+,64-,65+,66-,67-,68-,69+,70-,79+/m1/s1. The van der Waals surface area contributed by atoms with Crippen molar-refractivity contribution in [3.05, 3.63) is 153 Å². The average Bonchev–Trinajstić information content (AvgIpc) is 1.55. The molecule has 15 bridgehead atoms. The Balaban J connectivity index is 0.954. The zero-order chi connectivity index (χ0) is 82.8. The Morgan fingerprint density at radius 1 is 0.664 bits per heavy atom. The van der Waals surface area contributed by atoms with Gasteiger partial charge in [0.1, 0.15) is 102 Å². The number of hydrogen-bond donors (Lipinski definition) is 19. The van der Waals surface area contributed by atoms with E-state index >= 15 is 28.8 Å². The lowest BCUT2D eigenvalue weighted by Crippen LogP contribution is -2.60. The molecule has 17 rings (SSSR count). The molecular formula is C80H91ClN10O24S. The second-order valence-electron chi connectivity index (χ2n) is 31.4. The Labute approximate surface area is 669 Å². The van der Waals surface area contributed by atoms with Crippen LogP contribution in [0, 0.1) is 36.5 Å². The van der Waals surface area contributed by atoms with E-state index in [1.165, 1.54) is 74.6 Å². The van der Waals surface area contributed by atoms with Gasteiger partial charge in [-0.2, -0.15) is 0 Å². The summed E-state index contributed by atoms with van der Waals surface area (Å²) in [5.41, 5.74) is -1.94. The number of likely N-dealkylation sites (N-methyl/N-ethyl adjacent to an activating group) is 2. The molecule has 6 heterocycles. The largest absolute Gasteiger partial charge is 0.508 e. The van der Waals surface area contributed by atoms with Crippen molar-refractivity contribution in [3.8, 4) is 51.4 Å². The molecule has 5 aliphatic carbocycles. The third-order valence-corrected chi connectivity index (χ3v) is 24.7. The van der Waals surface area contributed by atoms with Crippen LogP contribution in [0.2, 0.25) is 5.02 Å². The number of aliphatic hydroxyl groups is 8. The summed E-state index contributed by atoms with van der Waals surface area (Å²) in [4.78, 5) is 124. The molecule has 6 aromatic rings. The van der Waals surface area contributed by atoms with E-state index in [-0.39, 0.29) is 104 Å². The highest BCUT2D eigenvalue weighted by Gasteiger charge is 2.52. The Kier molecular flexibility index (Phi) is 23.5. The number of amides is 8. The van der Waals surface area contributed by atoms with Gasteiger partial charge in [0.15, 0.2) is 11.5 Å². The second-order valence-corrected chi connectivity index (χ2v) is 33.4. The molecule has 618 valence electrons. The number of carbonyl (C=O) groups is 8. The summed E-state index contributed by atoms with van der Waals surface area (Å²) in [5.74, 6) is -14.7. The molecule has 14 atom stereocenters. The number of sulfonamides is 1. The van der Waals surface area contributed by atoms with Crippen LogP contribution < -0.4 is 71.5 Å². The van der Waals surface area contributed by atoms with E-state index in [1.54, 1.807) is 7.05 Å². The van der Waals surface area contributed by atoms with Gasteiger partial charge in [-0.3, -0.25) is 38.4 Å². The van der Waals surface area contributed by atoms with Crippen LogP contribution in [-0.4, -0.2) is 196 Å². The van der Waals surface area contributed by atoms with E-state index < -0.39 is 200 Å². The number of aryl methyl sites for hydroxylation is 1. The maximum atomic E-state index is 16.5. The van der Waals surface area contributed by atoms with Gasteiger partial charge < -0.3 is 117 Å². The first-order valence-electron chi connectivity index (χ1n) is 38.2. The van der Waals surface area contributed by atoms with Crippen LogP contribution in [0.4, 0.5) is 0 Å². The molecule has 5 fully saturated rings. The maximum absolute atomic E-state index is 16.5. The molecule has 0 aromatic heterocycles. The van der Waals surface area contributed by atoms with Crippen molar-refractivity contribution >= 4 is 68.9 Å². The highest BCUT2D eigenvalue weighted by atomic mass is 35.5. The quantitative estimate of drug-likeness (QED) is 0.0423. The van der Waals surface area contributed by atoms with Crippen LogP contribution in [0.15, 0.2) is 108 Å². The first kappa shape index (κ1) is 82.4. The molecule has 6 aromatic carbocycles. The van der Waals surface area contributed by atoms with E-state index in [0.717, 1.165) is 74.6 Å². The van der Waals surface area contributed by atoms with Crippen LogP contribution in [-0.2, 0) is 58.9 Å². The van der Waals surface area contributed by atoms with E-state index in [9.17, 15) is 64.0 Å². The lowest BCUT2D eigenvalue weighted by molar-refractivity contribution is -0.277. The number of aliphatic hydroxyl groups excluding tert-OH is 6. The zero-order valence-electron chi connectivity index (χ0n) is 63.4. The third-order valence-electron chi connectivity index (χ3n) is 23.0. The molecule has 116 heavy (non-hydrogen) atoms. The number of nitrogens with one attached hydrogen (secondary N) is 10. The first-order valence-corrected chi connectivity index (χ1v) is 40.0. The number of phenolic OH excluding ortho intramolecular Hbond substituents is 1. The van der Waals surface area contributed by atoms with Crippen molar-refractivity contribution in [1.82, 2.24) is 52.6 Å². The number of hydrogen-bond acceptors (Lipinski definition) is 26. The molecule has 4 saturated carbocycles. The third kappa shape index (κ3) is 16.4. The van der Waals surface area contributed by atoms with Gasteiger partial charge in [0, 0.05) is 23.7 Å². The molecule has 34 nitrogen and oxygen atoms in total. The monoisotopic (exact) mass is 1640 g/mol. The van der Waals surface area contributed by atoms with Crippen LogP contribution >= 0.6 is 11.6 Å². The molecule has 36 heteroatoms. The van der Waals surface area contributed by atoms with Crippen LogP contribution in [0.3, 0.4) is 0 Å². The molecule has 0 radical (unpaired) electrons. The summed E-state index contributed by atoms with van der Waals surface area (Å²) < 4.78 is 61.5. The van der Waals surface area contributed by atoms with Gasteiger partial charge in [0.05, 0.1) is 29.0 Å².